The molecular weight excluding hydrogens is 440 g/mol. The van der Waals surface area contributed by atoms with Crippen LogP contribution in [0.15, 0.2) is 59.5 Å². The average Bonchev–Trinajstić information content (AvgIpc) is 2.79. The Balaban J connectivity index is 1.63. The Morgan fingerprint density at radius 2 is 1.64 bits per heavy atom. The second kappa shape index (κ2) is 11.7. The van der Waals surface area contributed by atoms with Crippen molar-refractivity contribution in [3.63, 3.8) is 0 Å². The van der Waals surface area contributed by atoms with Gasteiger partial charge in [-0.1, -0.05) is 30.3 Å². The molecule has 3 rings (SSSR count). The van der Waals surface area contributed by atoms with Gasteiger partial charge in [0.15, 0.2) is 0 Å². The van der Waals surface area contributed by atoms with E-state index >= 15 is 0 Å². The first-order valence-corrected chi connectivity index (χ1v) is 12.8. The maximum absolute atomic E-state index is 12.9. The van der Waals surface area contributed by atoms with E-state index in [1.807, 2.05) is 25.1 Å². The van der Waals surface area contributed by atoms with Gasteiger partial charge >= 0.3 is 0 Å². The topological polar surface area (TPSA) is 99.8 Å². The standard InChI is InChI=1S/C24H34N4O4S/c1-18(2)27-33(30,31)22-11-9-21(10-12-22)26-24(29)19(3)25-23(20-7-5-4-6-8-20)17-28-13-15-32-16-14-28/h4-12,18-19,23,25,27H,13-17H2,1-3H3,(H,26,29)/t19-,23-/m1/s1. The number of rotatable bonds is 10. The lowest BCUT2D eigenvalue weighted by Crippen LogP contribution is -2.46. The molecule has 1 heterocycles. The van der Waals surface area contributed by atoms with E-state index < -0.39 is 16.1 Å². The summed E-state index contributed by atoms with van der Waals surface area (Å²) in [6.45, 7) is 9.31. The van der Waals surface area contributed by atoms with Gasteiger partial charge in [-0.2, -0.15) is 0 Å². The molecule has 1 saturated heterocycles. The monoisotopic (exact) mass is 474 g/mol. The summed E-state index contributed by atoms with van der Waals surface area (Å²) in [4.78, 5) is 15.4. The Morgan fingerprint density at radius 3 is 2.24 bits per heavy atom. The molecule has 9 heteroatoms. The molecule has 0 aromatic heterocycles. The van der Waals surface area contributed by atoms with Crippen molar-refractivity contribution in [3.05, 3.63) is 60.2 Å². The molecule has 0 saturated carbocycles. The Kier molecular flexibility index (Phi) is 8.99. The summed E-state index contributed by atoms with van der Waals surface area (Å²) in [6, 6.07) is 15.6. The summed E-state index contributed by atoms with van der Waals surface area (Å²) >= 11 is 0. The van der Waals surface area contributed by atoms with E-state index in [2.05, 4.69) is 32.4 Å². The lowest BCUT2D eigenvalue weighted by Gasteiger charge is -2.32. The highest BCUT2D eigenvalue weighted by molar-refractivity contribution is 7.89. The van der Waals surface area contributed by atoms with Gasteiger partial charge in [-0.3, -0.25) is 15.0 Å². The average molecular weight is 475 g/mol. The van der Waals surface area contributed by atoms with Crippen molar-refractivity contribution in [2.24, 2.45) is 0 Å². The summed E-state index contributed by atoms with van der Waals surface area (Å²) in [6.07, 6.45) is 0. The van der Waals surface area contributed by atoms with Crippen LogP contribution in [0.1, 0.15) is 32.4 Å². The summed E-state index contributed by atoms with van der Waals surface area (Å²) in [5.74, 6) is -0.186. The number of hydrogen-bond donors (Lipinski definition) is 3. The maximum atomic E-state index is 12.9. The first-order chi connectivity index (χ1) is 15.7. The number of carbonyl (C=O) groups is 1. The number of morpholine rings is 1. The van der Waals surface area contributed by atoms with Crippen LogP contribution in [-0.2, 0) is 19.6 Å². The number of benzene rings is 2. The van der Waals surface area contributed by atoms with Crippen molar-refractivity contribution in [2.45, 2.75) is 43.8 Å². The Hall–Kier alpha value is -2.30. The molecular formula is C24H34N4O4S. The van der Waals surface area contributed by atoms with Crippen LogP contribution >= 0.6 is 0 Å². The molecule has 0 aliphatic carbocycles. The van der Waals surface area contributed by atoms with Crippen LogP contribution in [0.25, 0.3) is 0 Å². The van der Waals surface area contributed by atoms with Gasteiger partial charge in [0.05, 0.1) is 24.2 Å². The largest absolute Gasteiger partial charge is 0.379 e. The summed E-state index contributed by atoms with van der Waals surface area (Å²) in [5.41, 5.74) is 1.66. The smallest absolute Gasteiger partial charge is 0.241 e. The molecule has 1 aliphatic rings. The molecule has 2 aromatic carbocycles. The van der Waals surface area contributed by atoms with Crippen LogP contribution in [0.4, 0.5) is 5.69 Å². The molecule has 2 aromatic rings. The minimum absolute atomic E-state index is 0.0142. The fourth-order valence-electron chi connectivity index (χ4n) is 3.71. The molecule has 3 N–H and O–H groups in total. The zero-order valence-corrected chi connectivity index (χ0v) is 20.3. The number of nitrogens with zero attached hydrogens (tertiary/aromatic N) is 1. The van der Waals surface area contributed by atoms with Crippen LogP contribution in [0.2, 0.25) is 0 Å². The van der Waals surface area contributed by atoms with Gasteiger partial charge in [-0.05, 0) is 50.6 Å². The predicted molar refractivity (Wildman–Crippen MR) is 130 cm³/mol. The molecule has 0 unspecified atom stereocenters. The van der Waals surface area contributed by atoms with Crippen molar-refractivity contribution in [3.8, 4) is 0 Å². The molecule has 1 aliphatic heterocycles. The lowest BCUT2D eigenvalue weighted by molar-refractivity contribution is -0.118. The fourth-order valence-corrected chi connectivity index (χ4v) is 4.96. The molecule has 0 spiro atoms. The second-order valence-corrected chi connectivity index (χ2v) is 10.3. The highest BCUT2D eigenvalue weighted by Crippen LogP contribution is 2.18. The zero-order valence-electron chi connectivity index (χ0n) is 19.5. The van der Waals surface area contributed by atoms with Crippen molar-refractivity contribution in [1.82, 2.24) is 14.9 Å². The van der Waals surface area contributed by atoms with E-state index in [0.29, 0.717) is 5.69 Å². The number of ether oxygens (including phenoxy) is 1. The fraction of sp³-hybridized carbons (Fsp3) is 0.458. The SMILES string of the molecule is CC(C)NS(=O)(=O)c1ccc(NC(=O)[C@@H](C)N[C@H](CN2CCOCC2)c2ccccc2)cc1. The van der Waals surface area contributed by atoms with Gasteiger partial charge in [-0.15, -0.1) is 0 Å². The van der Waals surface area contributed by atoms with Crippen molar-refractivity contribution >= 4 is 21.6 Å². The normalized spacial score (nSPS) is 17.0. The van der Waals surface area contributed by atoms with Crippen LogP contribution in [0.5, 0.6) is 0 Å². The Morgan fingerprint density at radius 1 is 1.00 bits per heavy atom. The zero-order chi connectivity index (χ0) is 23.8. The van der Waals surface area contributed by atoms with Crippen molar-refractivity contribution < 1.29 is 17.9 Å². The van der Waals surface area contributed by atoms with Crippen LogP contribution in [-0.4, -0.2) is 64.2 Å². The van der Waals surface area contributed by atoms with Gasteiger partial charge < -0.3 is 10.1 Å². The van der Waals surface area contributed by atoms with E-state index in [-0.39, 0.29) is 22.9 Å². The third-order valence-corrected chi connectivity index (χ3v) is 7.09. The summed E-state index contributed by atoms with van der Waals surface area (Å²) in [7, 11) is -3.57. The Labute approximate surface area is 196 Å². The van der Waals surface area contributed by atoms with Crippen molar-refractivity contribution in [1.29, 1.82) is 0 Å². The molecule has 8 nitrogen and oxygen atoms in total. The highest BCUT2D eigenvalue weighted by atomic mass is 32.2. The Bertz CT molecular complexity index is 991. The van der Waals surface area contributed by atoms with E-state index in [9.17, 15) is 13.2 Å². The van der Waals surface area contributed by atoms with Gasteiger partial charge in [0.2, 0.25) is 15.9 Å². The summed E-state index contributed by atoms with van der Waals surface area (Å²) in [5, 5.41) is 6.33. The van der Waals surface area contributed by atoms with Gasteiger partial charge in [0, 0.05) is 37.4 Å². The third-order valence-electron chi connectivity index (χ3n) is 5.41. The molecule has 1 fully saturated rings. The third kappa shape index (κ3) is 7.62. The van der Waals surface area contributed by atoms with E-state index in [1.54, 1.807) is 26.0 Å². The number of anilines is 1. The maximum Gasteiger partial charge on any atom is 0.241 e. The minimum atomic E-state index is -3.57. The minimum Gasteiger partial charge on any atom is -0.379 e. The molecule has 180 valence electrons. The highest BCUT2D eigenvalue weighted by Gasteiger charge is 2.23. The number of sulfonamides is 1. The molecule has 2 atom stereocenters. The van der Waals surface area contributed by atoms with E-state index in [1.165, 1.54) is 12.1 Å². The van der Waals surface area contributed by atoms with E-state index in [4.69, 9.17) is 4.74 Å². The molecule has 0 bridgehead atoms. The van der Waals surface area contributed by atoms with Crippen LogP contribution in [0, 0.1) is 0 Å². The number of carbonyl (C=O) groups excluding carboxylic acids is 1. The molecule has 33 heavy (non-hydrogen) atoms. The summed E-state index contributed by atoms with van der Waals surface area (Å²) < 4.78 is 32.6. The van der Waals surface area contributed by atoms with Gasteiger partial charge in [-0.25, -0.2) is 13.1 Å². The quantitative estimate of drug-likeness (QED) is 0.489. The van der Waals surface area contributed by atoms with Gasteiger partial charge in [0.1, 0.15) is 0 Å². The first-order valence-electron chi connectivity index (χ1n) is 11.3. The van der Waals surface area contributed by atoms with Crippen molar-refractivity contribution in [2.75, 3.05) is 38.2 Å². The van der Waals surface area contributed by atoms with Gasteiger partial charge in [0.25, 0.3) is 0 Å². The van der Waals surface area contributed by atoms with E-state index in [0.717, 1.165) is 38.4 Å². The number of nitrogens with one attached hydrogen (secondary N) is 3. The first kappa shape index (κ1) is 25.3. The lowest BCUT2D eigenvalue weighted by atomic mass is 10.0. The van der Waals surface area contributed by atoms with Crippen LogP contribution < -0.4 is 15.4 Å². The molecule has 1 amide bonds. The molecule has 0 radical (unpaired) electrons. The number of amides is 1. The second-order valence-electron chi connectivity index (χ2n) is 8.55. The van der Waals surface area contributed by atoms with Crippen LogP contribution in [0.3, 0.4) is 0 Å². The predicted octanol–water partition coefficient (Wildman–Crippen LogP) is 2.36. The number of hydrogen-bond acceptors (Lipinski definition) is 6.